The second-order valence-electron chi connectivity index (χ2n) is 4.32. The van der Waals surface area contributed by atoms with Crippen molar-refractivity contribution in [1.82, 2.24) is 5.32 Å². The van der Waals surface area contributed by atoms with E-state index >= 15 is 0 Å². The number of benzene rings is 1. The van der Waals surface area contributed by atoms with Crippen LogP contribution in [0, 0.1) is 11.7 Å². The van der Waals surface area contributed by atoms with Gasteiger partial charge >= 0.3 is 0 Å². The van der Waals surface area contributed by atoms with Crippen molar-refractivity contribution in [1.29, 1.82) is 0 Å². The summed E-state index contributed by atoms with van der Waals surface area (Å²) in [6.45, 7) is 2.91. The molecule has 0 bridgehead atoms. The second-order valence-corrected chi connectivity index (χ2v) is 5.17. The molecule has 1 amide bonds. The minimum Gasteiger partial charge on any atom is -0.325 e. The summed E-state index contributed by atoms with van der Waals surface area (Å²) in [5.74, 6) is -0.0669. The molecule has 0 aliphatic carbocycles. The first-order valence-corrected chi connectivity index (χ1v) is 6.36. The third-order valence-electron chi connectivity index (χ3n) is 3.00. The van der Waals surface area contributed by atoms with Crippen molar-refractivity contribution in [2.75, 3.05) is 11.9 Å². The molecule has 0 saturated carbocycles. The molecule has 1 fully saturated rings. The summed E-state index contributed by atoms with van der Waals surface area (Å²) < 4.78 is 13.4. The second kappa shape index (κ2) is 5.14. The predicted molar refractivity (Wildman–Crippen MR) is 68.3 cm³/mol. The molecule has 2 N–H and O–H groups in total. The summed E-state index contributed by atoms with van der Waals surface area (Å²) in [5.41, 5.74) is 0.601. The molecule has 1 heterocycles. The molecule has 1 aromatic rings. The van der Waals surface area contributed by atoms with Crippen molar-refractivity contribution in [3.8, 4) is 0 Å². The van der Waals surface area contributed by atoms with E-state index in [1.807, 2.05) is 6.92 Å². The van der Waals surface area contributed by atoms with Gasteiger partial charge in [0, 0.05) is 5.69 Å². The fourth-order valence-corrected chi connectivity index (χ4v) is 2.36. The van der Waals surface area contributed by atoms with E-state index in [4.69, 9.17) is 0 Å². The van der Waals surface area contributed by atoms with Crippen molar-refractivity contribution in [2.24, 2.45) is 5.92 Å². The lowest BCUT2D eigenvalue weighted by Crippen LogP contribution is -2.39. The van der Waals surface area contributed by atoms with Crippen LogP contribution in [0.25, 0.3) is 0 Å². The molecule has 1 aliphatic heterocycles. The fourth-order valence-electron chi connectivity index (χ4n) is 1.98. The molecular weight excluding hydrogens is 287 g/mol. The SMILES string of the molecule is CC1CCNC1C(=O)Nc1ccc(F)c(Br)c1. The molecule has 1 aromatic carbocycles. The molecule has 92 valence electrons. The summed E-state index contributed by atoms with van der Waals surface area (Å²) >= 11 is 3.09. The molecule has 1 saturated heterocycles. The predicted octanol–water partition coefficient (Wildman–Crippen LogP) is 2.52. The molecule has 0 spiro atoms. The first-order valence-electron chi connectivity index (χ1n) is 5.57. The summed E-state index contributed by atoms with van der Waals surface area (Å²) in [6.07, 6.45) is 1.01. The Morgan fingerprint density at radius 1 is 1.59 bits per heavy atom. The highest BCUT2D eigenvalue weighted by Gasteiger charge is 2.29. The Balaban J connectivity index is 2.05. The van der Waals surface area contributed by atoms with Gasteiger partial charge in [-0.25, -0.2) is 4.39 Å². The van der Waals surface area contributed by atoms with Gasteiger partial charge in [0.25, 0.3) is 0 Å². The van der Waals surface area contributed by atoms with Crippen molar-refractivity contribution in [3.05, 3.63) is 28.5 Å². The van der Waals surface area contributed by atoms with Gasteiger partial charge < -0.3 is 10.6 Å². The smallest absolute Gasteiger partial charge is 0.241 e. The van der Waals surface area contributed by atoms with Gasteiger partial charge in [-0.1, -0.05) is 6.92 Å². The number of nitrogens with one attached hydrogen (secondary N) is 2. The number of halogens is 2. The Kier molecular flexibility index (Phi) is 3.79. The molecule has 1 aliphatic rings. The molecule has 3 nitrogen and oxygen atoms in total. The van der Waals surface area contributed by atoms with E-state index in [9.17, 15) is 9.18 Å². The monoisotopic (exact) mass is 300 g/mol. The zero-order chi connectivity index (χ0) is 12.4. The summed E-state index contributed by atoms with van der Waals surface area (Å²) in [6, 6.07) is 4.29. The lowest BCUT2D eigenvalue weighted by Gasteiger charge is -2.15. The maximum Gasteiger partial charge on any atom is 0.241 e. The van der Waals surface area contributed by atoms with Crippen LogP contribution in [0.1, 0.15) is 13.3 Å². The van der Waals surface area contributed by atoms with Crippen LogP contribution in [0.2, 0.25) is 0 Å². The maximum absolute atomic E-state index is 13.0. The summed E-state index contributed by atoms with van der Waals surface area (Å²) in [7, 11) is 0. The van der Waals surface area contributed by atoms with Crippen LogP contribution in [-0.2, 0) is 4.79 Å². The highest BCUT2D eigenvalue weighted by atomic mass is 79.9. The fraction of sp³-hybridized carbons (Fsp3) is 0.417. The number of anilines is 1. The minimum atomic E-state index is -0.338. The Morgan fingerprint density at radius 3 is 2.94 bits per heavy atom. The first kappa shape index (κ1) is 12.5. The number of hydrogen-bond acceptors (Lipinski definition) is 2. The van der Waals surface area contributed by atoms with Crippen LogP contribution in [0.3, 0.4) is 0 Å². The molecule has 0 radical (unpaired) electrons. The van der Waals surface area contributed by atoms with Gasteiger partial charge in [-0.3, -0.25) is 4.79 Å². The zero-order valence-electron chi connectivity index (χ0n) is 9.47. The number of carbonyl (C=O) groups is 1. The average molecular weight is 301 g/mol. The largest absolute Gasteiger partial charge is 0.325 e. The van der Waals surface area contributed by atoms with Gasteiger partial charge in [-0.15, -0.1) is 0 Å². The zero-order valence-corrected chi connectivity index (χ0v) is 11.1. The quantitative estimate of drug-likeness (QED) is 0.881. The van der Waals surface area contributed by atoms with E-state index < -0.39 is 0 Å². The van der Waals surface area contributed by atoms with Gasteiger partial charge in [0.2, 0.25) is 5.91 Å². The first-order chi connectivity index (χ1) is 8.08. The van der Waals surface area contributed by atoms with Gasteiger partial charge in [-0.2, -0.15) is 0 Å². The standard InChI is InChI=1S/C12H14BrFN2O/c1-7-4-5-15-11(7)12(17)16-8-2-3-10(14)9(13)6-8/h2-3,6-7,11,15H,4-5H2,1H3,(H,16,17). The third kappa shape index (κ3) is 2.84. The van der Waals surface area contributed by atoms with Crippen molar-refractivity contribution in [2.45, 2.75) is 19.4 Å². The van der Waals surface area contributed by atoms with Gasteiger partial charge in [0.1, 0.15) is 5.82 Å². The van der Waals surface area contributed by atoms with Crippen molar-refractivity contribution in [3.63, 3.8) is 0 Å². The van der Waals surface area contributed by atoms with E-state index in [0.717, 1.165) is 13.0 Å². The Bertz CT molecular complexity index is 439. The number of rotatable bonds is 2. The van der Waals surface area contributed by atoms with Gasteiger partial charge in [0.15, 0.2) is 0 Å². The van der Waals surface area contributed by atoms with E-state index in [1.165, 1.54) is 6.07 Å². The minimum absolute atomic E-state index is 0.0616. The van der Waals surface area contributed by atoms with Crippen LogP contribution < -0.4 is 10.6 Å². The molecule has 17 heavy (non-hydrogen) atoms. The summed E-state index contributed by atoms with van der Waals surface area (Å²) in [5, 5.41) is 5.94. The normalized spacial score (nSPS) is 23.7. The van der Waals surface area contributed by atoms with Gasteiger partial charge in [0.05, 0.1) is 10.5 Å². The Labute approximate surface area is 108 Å². The number of hydrogen-bond donors (Lipinski definition) is 2. The number of carbonyl (C=O) groups excluding carboxylic acids is 1. The lowest BCUT2D eigenvalue weighted by atomic mass is 10.0. The molecule has 2 atom stereocenters. The number of amides is 1. The van der Waals surface area contributed by atoms with E-state index in [0.29, 0.717) is 16.1 Å². The highest BCUT2D eigenvalue weighted by molar-refractivity contribution is 9.10. The Morgan fingerprint density at radius 2 is 2.35 bits per heavy atom. The highest BCUT2D eigenvalue weighted by Crippen LogP contribution is 2.21. The van der Waals surface area contributed by atoms with Crippen molar-refractivity contribution < 1.29 is 9.18 Å². The lowest BCUT2D eigenvalue weighted by molar-refractivity contribution is -0.118. The van der Waals surface area contributed by atoms with Crippen LogP contribution >= 0.6 is 15.9 Å². The van der Waals surface area contributed by atoms with E-state index in [1.54, 1.807) is 12.1 Å². The Hall–Kier alpha value is -0.940. The molecule has 2 rings (SSSR count). The molecule has 5 heteroatoms. The molecular formula is C12H14BrFN2O. The topological polar surface area (TPSA) is 41.1 Å². The molecule has 2 unspecified atom stereocenters. The summed E-state index contributed by atoms with van der Waals surface area (Å²) in [4.78, 5) is 11.9. The maximum atomic E-state index is 13.0. The van der Waals surface area contributed by atoms with E-state index in [-0.39, 0.29) is 17.8 Å². The third-order valence-corrected chi connectivity index (χ3v) is 3.61. The van der Waals surface area contributed by atoms with Gasteiger partial charge in [-0.05, 0) is 53.0 Å². The average Bonchev–Trinajstić information content (AvgIpc) is 2.70. The van der Waals surface area contributed by atoms with Crippen LogP contribution in [0.5, 0.6) is 0 Å². The van der Waals surface area contributed by atoms with E-state index in [2.05, 4.69) is 26.6 Å². The van der Waals surface area contributed by atoms with Crippen LogP contribution in [0.4, 0.5) is 10.1 Å². The van der Waals surface area contributed by atoms with Crippen molar-refractivity contribution >= 4 is 27.5 Å². The van der Waals surface area contributed by atoms with Crippen LogP contribution in [-0.4, -0.2) is 18.5 Å². The molecule has 0 aromatic heterocycles. The van der Waals surface area contributed by atoms with Crippen LogP contribution in [0.15, 0.2) is 22.7 Å².